The third-order valence-corrected chi connectivity index (χ3v) is 7.15. The van der Waals surface area contributed by atoms with Crippen molar-refractivity contribution < 1.29 is 15.0 Å². The molecule has 0 aromatic carbocycles. The van der Waals surface area contributed by atoms with Crippen LogP contribution in [0.25, 0.3) is 0 Å². The Bertz CT molecular complexity index is 405. The summed E-state index contributed by atoms with van der Waals surface area (Å²) in [6.07, 6.45) is 23.8. The second-order valence-corrected chi connectivity index (χ2v) is 10.6. The molecule has 3 heteroatoms. The molecule has 2 unspecified atom stereocenters. The molecule has 0 fully saturated rings. The Morgan fingerprint density at radius 3 is 1.48 bits per heavy atom. The van der Waals surface area contributed by atoms with Gasteiger partial charge in [-0.25, -0.2) is 0 Å². The van der Waals surface area contributed by atoms with Crippen LogP contribution in [0.3, 0.4) is 0 Å². The molecule has 2 N–H and O–H groups in total. The highest BCUT2D eigenvalue weighted by Crippen LogP contribution is 2.39. The molecule has 0 radical (unpaired) electrons. The quantitative estimate of drug-likeness (QED) is 0.156. The van der Waals surface area contributed by atoms with E-state index in [4.69, 9.17) is 5.11 Å². The Balaban J connectivity index is 3.76. The Morgan fingerprint density at radius 1 is 0.677 bits per heavy atom. The van der Waals surface area contributed by atoms with Crippen LogP contribution >= 0.6 is 0 Å². The Morgan fingerprint density at radius 2 is 1.10 bits per heavy atom. The first-order chi connectivity index (χ1) is 14.8. The number of rotatable bonds is 23. The lowest BCUT2D eigenvalue weighted by Crippen LogP contribution is -2.34. The monoisotopic (exact) mass is 440 g/mol. The van der Waals surface area contributed by atoms with Crippen molar-refractivity contribution in [2.45, 2.75) is 162 Å². The Hall–Kier alpha value is -0.570. The Labute approximate surface area is 194 Å². The molecular weight excluding hydrogens is 384 g/mol. The lowest BCUT2D eigenvalue weighted by molar-refractivity contribution is -0.138. The predicted octanol–water partition coefficient (Wildman–Crippen LogP) is 8.92. The zero-order valence-corrected chi connectivity index (χ0v) is 21.6. The van der Waals surface area contributed by atoms with Gasteiger partial charge in [-0.05, 0) is 30.6 Å². The summed E-state index contributed by atoms with van der Waals surface area (Å²) < 4.78 is 0. The van der Waals surface area contributed by atoms with Crippen molar-refractivity contribution in [3.05, 3.63) is 0 Å². The van der Waals surface area contributed by atoms with Crippen LogP contribution in [0.5, 0.6) is 0 Å². The van der Waals surface area contributed by atoms with E-state index in [2.05, 4.69) is 27.7 Å². The van der Waals surface area contributed by atoms with E-state index < -0.39 is 12.1 Å². The smallest absolute Gasteiger partial charge is 0.303 e. The standard InChI is InChI=1S/C28H56O3/c1-5-7-8-9-10-11-12-13-14-15-16-17-18-19-20-24-28(3,4)25(21-6-2)26(29)22-23-27(30)31/h25-26,29H,5-24H2,1-4H3,(H,30,31). The fourth-order valence-electron chi connectivity index (χ4n) is 5.02. The van der Waals surface area contributed by atoms with E-state index in [1.165, 1.54) is 96.3 Å². The summed E-state index contributed by atoms with van der Waals surface area (Å²) >= 11 is 0. The number of aliphatic carboxylic acids is 1. The van der Waals surface area contributed by atoms with Crippen molar-refractivity contribution in [2.75, 3.05) is 0 Å². The molecule has 0 aromatic heterocycles. The van der Waals surface area contributed by atoms with Gasteiger partial charge < -0.3 is 10.2 Å². The summed E-state index contributed by atoms with van der Waals surface area (Å²) in [5.74, 6) is -0.613. The third-order valence-electron chi connectivity index (χ3n) is 7.15. The van der Waals surface area contributed by atoms with Crippen molar-refractivity contribution in [2.24, 2.45) is 11.3 Å². The van der Waals surface area contributed by atoms with Crippen LogP contribution in [-0.4, -0.2) is 22.3 Å². The predicted molar refractivity (Wildman–Crippen MR) is 135 cm³/mol. The maximum Gasteiger partial charge on any atom is 0.303 e. The van der Waals surface area contributed by atoms with E-state index in [9.17, 15) is 9.90 Å². The molecule has 0 bridgehead atoms. The first kappa shape index (κ1) is 30.4. The summed E-state index contributed by atoms with van der Waals surface area (Å²) in [7, 11) is 0. The topological polar surface area (TPSA) is 57.5 Å². The summed E-state index contributed by atoms with van der Waals surface area (Å²) in [6.45, 7) is 8.96. The molecule has 0 aromatic rings. The van der Waals surface area contributed by atoms with Gasteiger partial charge in [0.2, 0.25) is 0 Å². The van der Waals surface area contributed by atoms with Crippen molar-refractivity contribution in [1.82, 2.24) is 0 Å². The third kappa shape index (κ3) is 17.6. The van der Waals surface area contributed by atoms with Crippen LogP contribution in [0.15, 0.2) is 0 Å². The van der Waals surface area contributed by atoms with Gasteiger partial charge >= 0.3 is 5.97 Å². The van der Waals surface area contributed by atoms with Crippen LogP contribution in [0.4, 0.5) is 0 Å². The van der Waals surface area contributed by atoms with Crippen LogP contribution in [0.1, 0.15) is 156 Å². The van der Waals surface area contributed by atoms with E-state index in [0.29, 0.717) is 6.42 Å². The molecule has 0 saturated carbocycles. The minimum absolute atomic E-state index is 0.0659. The molecule has 0 aliphatic heterocycles. The highest BCUT2D eigenvalue weighted by Gasteiger charge is 2.33. The fraction of sp³-hybridized carbons (Fsp3) is 0.964. The number of carboxylic acid groups (broad SMARTS) is 1. The minimum Gasteiger partial charge on any atom is -0.481 e. The maximum atomic E-state index is 10.9. The number of hydrogen-bond acceptors (Lipinski definition) is 2. The summed E-state index contributed by atoms with van der Waals surface area (Å²) in [6, 6.07) is 0. The second-order valence-electron chi connectivity index (χ2n) is 10.6. The van der Waals surface area contributed by atoms with Crippen LogP contribution in [0.2, 0.25) is 0 Å². The average molecular weight is 441 g/mol. The first-order valence-corrected chi connectivity index (χ1v) is 13.7. The van der Waals surface area contributed by atoms with Crippen LogP contribution in [0, 0.1) is 11.3 Å². The molecule has 2 atom stereocenters. The van der Waals surface area contributed by atoms with E-state index in [1.54, 1.807) is 0 Å². The number of carbonyl (C=O) groups is 1. The fourth-order valence-corrected chi connectivity index (χ4v) is 5.02. The number of unbranched alkanes of at least 4 members (excludes halogenated alkanes) is 14. The van der Waals surface area contributed by atoms with Gasteiger partial charge in [0.05, 0.1) is 6.10 Å². The van der Waals surface area contributed by atoms with E-state index in [-0.39, 0.29) is 17.8 Å². The number of hydrogen-bond donors (Lipinski definition) is 2. The van der Waals surface area contributed by atoms with Crippen LogP contribution < -0.4 is 0 Å². The van der Waals surface area contributed by atoms with Crippen molar-refractivity contribution in [3.8, 4) is 0 Å². The highest BCUT2D eigenvalue weighted by molar-refractivity contribution is 5.66. The van der Waals surface area contributed by atoms with Gasteiger partial charge in [0.15, 0.2) is 0 Å². The zero-order valence-electron chi connectivity index (χ0n) is 21.6. The van der Waals surface area contributed by atoms with Gasteiger partial charge in [-0.1, -0.05) is 130 Å². The molecular formula is C28H56O3. The highest BCUT2D eigenvalue weighted by atomic mass is 16.4. The molecule has 31 heavy (non-hydrogen) atoms. The average Bonchev–Trinajstić information content (AvgIpc) is 2.72. The molecule has 0 aliphatic rings. The normalized spacial score (nSPS) is 14.0. The minimum atomic E-state index is -0.811. The maximum absolute atomic E-state index is 10.9. The molecule has 0 aliphatic carbocycles. The van der Waals surface area contributed by atoms with Gasteiger partial charge in [0.1, 0.15) is 0 Å². The summed E-state index contributed by atoms with van der Waals surface area (Å²) in [5, 5.41) is 19.5. The molecule has 3 nitrogen and oxygen atoms in total. The lowest BCUT2D eigenvalue weighted by Gasteiger charge is -2.38. The molecule has 0 saturated heterocycles. The van der Waals surface area contributed by atoms with E-state index >= 15 is 0 Å². The van der Waals surface area contributed by atoms with Crippen molar-refractivity contribution in [1.29, 1.82) is 0 Å². The van der Waals surface area contributed by atoms with Gasteiger partial charge in [0, 0.05) is 6.42 Å². The summed E-state index contributed by atoms with van der Waals surface area (Å²) in [5.41, 5.74) is 0.0739. The van der Waals surface area contributed by atoms with Gasteiger partial charge in [-0.3, -0.25) is 4.79 Å². The number of carboxylic acids is 1. The first-order valence-electron chi connectivity index (χ1n) is 13.7. The van der Waals surface area contributed by atoms with Crippen molar-refractivity contribution >= 4 is 5.97 Å². The van der Waals surface area contributed by atoms with E-state index in [0.717, 1.165) is 19.3 Å². The van der Waals surface area contributed by atoms with Crippen LogP contribution in [-0.2, 0) is 4.79 Å². The molecule has 0 spiro atoms. The van der Waals surface area contributed by atoms with Crippen molar-refractivity contribution in [3.63, 3.8) is 0 Å². The lowest BCUT2D eigenvalue weighted by atomic mass is 9.69. The largest absolute Gasteiger partial charge is 0.481 e. The Kier molecular flexibility index (Phi) is 19.7. The SMILES string of the molecule is CCCCCCCCCCCCCCCCCC(C)(C)C(CCC)C(O)CCC(=O)O. The molecule has 0 amide bonds. The van der Waals surface area contributed by atoms with Gasteiger partial charge in [-0.15, -0.1) is 0 Å². The molecule has 0 heterocycles. The van der Waals surface area contributed by atoms with E-state index in [1.807, 2.05) is 0 Å². The summed E-state index contributed by atoms with van der Waals surface area (Å²) in [4.78, 5) is 10.9. The number of aliphatic hydroxyl groups excluding tert-OH is 1. The number of aliphatic hydroxyl groups is 1. The zero-order chi connectivity index (χ0) is 23.4. The van der Waals surface area contributed by atoms with Gasteiger partial charge in [0.25, 0.3) is 0 Å². The second kappa shape index (κ2) is 20.1. The molecule has 0 rings (SSSR count). The molecule has 186 valence electrons. The van der Waals surface area contributed by atoms with Gasteiger partial charge in [-0.2, -0.15) is 0 Å².